The van der Waals surface area contributed by atoms with Crippen LogP contribution in [0.4, 0.5) is 0 Å². The normalized spacial score (nSPS) is 22.6. The minimum absolute atomic E-state index is 0.111. The number of hydrogen-bond donors (Lipinski definition) is 0. The van der Waals surface area contributed by atoms with Gasteiger partial charge in [-0.15, -0.1) is 0 Å². The molecule has 4 heteroatoms. The van der Waals surface area contributed by atoms with Crippen LogP contribution in [0, 0.1) is 0 Å². The summed E-state index contributed by atoms with van der Waals surface area (Å²) in [6.45, 7) is 4.54. The molecule has 0 aromatic heterocycles. The summed E-state index contributed by atoms with van der Waals surface area (Å²) in [5.74, 6) is 0.471. The summed E-state index contributed by atoms with van der Waals surface area (Å²) in [6, 6.07) is 6.09. The molecule has 0 spiro atoms. The van der Waals surface area contributed by atoms with E-state index < -0.39 is 5.79 Å². The largest absolute Gasteiger partial charge is 0.496 e. The summed E-state index contributed by atoms with van der Waals surface area (Å²) in [6.07, 6.45) is 0.944. The first-order valence-corrected chi connectivity index (χ1v) is 5.96. The molecule has 0 bridgehead atoms. The van der Waals surface area contributed by atoms with Gasteiger partial charge in [0.25, 0.3) is 0 Å². The quantitative estimate of drug-likeness (QED) is 0.718. The van der Waals surface area contributed by atoms with Gasteiger partial charge in [-0.2, -0.15) is 0 Å². The van der Waals surface area contributed by atoms with E-state index in [9.17, 15) is 0 Å². The van der Waals surface area contributed by atoms with Crippen molar-refractivity contribution in [2.45, 2.75) is 32.2 Å². The molecule has 1 aromatic rings. The number of ether oxygens (including phenoxy) is 3. The molecule has 17 heavy (non-hydrogen) atoms. The predicted molar refractivity (Wildman–Crippen MR) is 69.8 cm³/mol. The Hall–Kier alpha value is -0.995. The Morgan fingerprint density at radius 1 is 1.47 bits per heavy atom. The van der Waals surface area contributed by atoms with Crippen LogP contribution in [0.5, 0.6) is 5.75 Å². The molecule has 0 amide bonds. The van der Waals surface area contributed by atoms with Gasteiger partial charge in [-0.05, 0) is 25.5 Å². The SMILES string of the molecule is Bc1cccc(OC)c1CC1COC(C)(C)O1. The highest BCUT2D eigenvalue weighted by molar-refractivity contribution is 6.33. The van der Waals surface area contributed by atoms with E-state index in [2.05, 4.69) is 13.9 Å². The van der Waals surface area contributed by atoms with Gasteiger partial charge < -0.3 is 14.2 Å². The van der Waals surface area contributed by atoms with E-state index in [0.29, 0.717) is 6.61 Å². The summed E-state index contributed by atoms with van der Waals surface area (Å²) in [5.41, 5.74) is 2.44. The smallest absolute Gasteiger partial charge is 0.163 e. The summed E-state index contributed by atoms with van der Waals surface area (Å²) in [5, 5.41) is 0. The van der Waals surface area contributed by atoms with Crippen LogP contribution in [0.1, 0.15) is 19.4 Å². The highest BCUT2D eigenvalue weighted by Crippen LogP contribution is 2.26. The Morgan fingerprint density at radius 3 is 2.82 bits per heavy atom. The van der Waals surface area contributed by atoms with Gasteiger partial charge >= 0.3 is 0 Å². The average Bonchev–Trinajstić information content (AvgIpc) is 2.61. The molecule has 1 saturated heterocycles. The third-order valence-electron chi connectivity index (χ3n) is 3.09. The fourth-order valence-corrected chi connectivity index (χ4v) is 2.22. The van der Waals surface area contributed by atoms with Crippen molar-refractivity contribution >= 4 is 13.3 Å². The number of methoxy groups -OCH3 is 1. The van der Waals surface area contributed by atoms with Crippen LogP contribution in [-0.4, -0.2) is 33.5 Å². The minimum Gasteiger partial charge on any atom is -0.496 e. The third kappa shape index (κ3) is 2.82. The second kappa shape index (κ2) is 4.71. The van der Waals surface area contributed by atoms with Gasteiger partial charge in [0.1, 0.15) is 13.6 Å². The predicted octanol–water partition coefficient (Wildman–Crippen LogP) is 0.648. The van der Waals surface area contributed by atoms with Crippen LogP contribution >= 0.6 is 0 Å². The Bertz CT molecular complexity index is 404. The van der Waals surface area contributed by atoms with E-state index >= 15 is 0 Å². The molecule has 1 aromatic carbocycles. The van der Waals surface area contributed by atoms with E-state index in [1.165, 1.54) is 11.0 Å². The number of benzene rings is 1. The Kier molecular flexibility index (Phi) is 3.45. The second-order valence-electron chi connectivity index (χ2n) is 4.91. The first-order chi connectivity index (χ1) is 8.02. The van der Waals surface area contributed by atoms with Crippen LogP contribution < -0.4 is 10.2 Å². The van der Waals surface area contributed by atoms with Gasteiger partial charge in [-0.3, -0.25) is 0 Å². The maximum Gasteiger partial charge on any atom is 0.163 e. The molecule has 1 fully saturated rings. The molecule has 3 nitrogen and oxygen atoms in total. The standard InChI is InChI=1S/C13H19BO3/c1-13(2)16-8-9(17-13)7-10-11(14)5-4-6-12(10)15-3/h4-6,9H,7-8,14H2,1-3H3. The topological polar surface area (TPSA) is 27.7 Å². The Balaban J connectivity index is 2.14. The highest BCUT2D eigenvalue weighted by atomic mass is 16.7. The van der Waals surface area contributed by atoms with Gasteiger partial charge in [-0.1, -0.05) is 17.6 Å². The van der Waals surface area contributed by atoms with Crippen molar-refractivity contribution in [1.82, 2.24) is 0 Å². The maximum atomic E-state index is 5.83. The average molecular weight is 234 g/mol. The van der Waals surface area contributed by atoms with Crippen LogP contribution in [0.3, 0.4) is 0 Å². The Labute approximate surface area is 103 Å². The molecule has 1 atom stereocenters. The van der Waals surface area contributed by atoms with Crippen molar-refractivity contribution in [2.75, 3.05) is 13.7 Å². The monoisotopic (exact) mass is 234 g/mol. The molecular weight excluding hydrogens is 215 g/mol. The van der Waals surface area contributed by atoms with Gasteiger partial charge in [-0.25, -0.2) is 0 Å². The van der Waals surface area contributed by atoms with E-state index in [1.54, 1.807) is 7.11 Å². The van der Waals surface area contributed by atoms with Gasteiger partial charge in [0.2, 0.25) is 0 Å². The van der Waals surface area contributed by atoms with Crippen LogP contribution in [0.15, 0.2) is 18.2 Å². The zero-order valence-corrected chi connectivity index (χ0v) is 10.9. The van der Waals surface area contributed by atoms with Crippen molar-refractivity contribution < 1.29 is 14.2 Å². The molecule has 0 radical (unpaired) electrons. The molecule has 0 saturated carbocycles. The van der Waals surface area contributed by atoms with Crippen molar-refractivity contribution in [3.8, 4) is 5.75 Å². The summed E-state index contributed by atoms with van der Waals surface area (Å²) in [4.78, 5) is 0. The second-order valence-corrected chi connectivity index (χ2v) is 4.91. The summed E-state index contributed by atoms with van der Waals surface area (Å²) >= 11 is 0. The number of rotatable bonds is 3. The maximum absolute atomic E-state index is 5.83. The molecular formula is C13H19BO3. The molecule has 1 aliphatic rings. The molecule has 2 rings (SSSR count). The lowest BCUT2D eigenvalue weighted by Gasteiger charge is -2.18. The van der Waals surface area contributed by atoms with E-state index in [4.69, 9.17) is 14.2 Å². The van der Waals surface area contributed by atoms with Gasteiger partial charge in [0, 0.05) is 6.42 Å². The van der Waals surface area contributed by atoms with Crippen molar-refractivity contribution in [3.05, 3.63) is 23.8 Å². The first-order valence-electron chi connectivity index (χ1n) is 5.96. The van der Waals surface area contributed by atoms with Gasteiger partial charge in [0.15, 0.2) is 5.79 Å². The molecule has 1 aliphatic heterocycles. The lowest BCUT2D eigenvalue weighted by atomic mass is 9.87. The Morgan fingerprint density at radius 2 is 2.24 bits per heavy atom. The highest BCUT2D eigenvalue weighted by Gasteiger charge is 2.33. The molecule has 92 valence electrons. The fourth-order valence-electron chi connectivity index (χ4n) is 2.22. The molecule has 0 N–H and O–H groups in total. The summed E-state index contributed by atoms with van der Waals surface area (Å²) in [7, 11) is 3.80. The zero-order valence-electron chi connectivity index (χ0n) is 10.9. The third-order valence-corrected chi connectivity index (χ3v) is 3.09. The van der Waals surface area contributed by atoms with E-state index in [0.717, 1.165) is 12.2 Å². The summed E-state index contributed by atoms with van der Waals surface area (Å²) < 4.78 is 16.8. The molecule has 1 heterocycles. The van der Waals surface area contributed by atoms with E-state index in [1.807, 2.05) is 26.0 Å². The molecule has 1 unspecified atom stereocenters. The van der Waals surface area contributed by atoms with Crippen LogP contribution in [0.2, 0.25) is 0 Å². The van der Waals surface area contributed by atoms with Crippen LogP contribution in [-0.2, 0) is 15.9 Å². The first kappa shape index (κ1) is 12.5. The lowest BCUT2D eigenvalue weighted by molar-refractivity contribution is -0.138. The fraction of sp³-hybridized carbons (Fsp3) is 0.538. The van der Waals surface area contributed by atoms with Crippen LogP contribution in [0.25, 0.3) is 0 Å². The van der Waals surface area contributed by atoms with E-state index in [-0.39, 0.29) is 6.10 Å². The zero-order chi connectivity index (χ0) is 12.5. The number of hydrogen-bond acceptors (Lipinski definition) is 3. The molecule has 0 aliphatic carbocycles. The minimum atomic E-state index is -0.458. The van der Waals surface area contributed by atoms with Crippen molar-refractivity contribution in [2.24, 2.45) is 0 Å². The van der Waals surface area contributed by atoms with Crippen molar-refractivity contribution in [1.29, 1.82) is 0 Å². The van der Waals surface area contributed by atoms with Crippen molar-refractivity contribution in [3.63, 3.8) is 0 Å². The lowest BCUT2D eigenvalue weighted by Crippen LogP contribution is -2.24. The van der Waals surface area contributed by atoms with Gasteiger partial charge in [0.05, 0.1) is 19.8 Å².